The third kappa shape index (κ3) is 7.16. The minimum absolute atomic E-state index is 0.0398. The number of ether oxygens (including phenoxy) is 1. The number of halogens is 3. The molecule has 0 saturated carbocycles. The Morgan fingerprint density at radius 1 is 0.828 bits per heavy atom. The lowest BCUT2D eigenvalue weighted by Gasteiger charge is -2.36. The largest absolute Gasteiger partial charge is 0.573 e. The second-order valence-electron chi connectivity index (χ2n) is 7.33. The van der Waals surface area contributed by atoms with Gasteiger partial charge in [-0.25, -0.2) is 0 Å². The van der Waals surface area contributed by atoms with Crippen LogP contribution in [0.25, 0.3) is 0 Å². The molecule has 0 spiro atoms. The number of unbranched alkanes of at least 4 members (excludes halogenated alkanes) is 2. The Kier molecular flexibility index (Phi) is 7.25. The highest BCUT2D eigenvalue weighted by molar-refractivity contribution is 5.49. The van der Waals surface area contributed by atoms with Crippen LogP contribution in [0.5, 0.6) is 11.5 Å². The van der Waals surface area contributed by atoms with Gasteiger partial charge in [0.15, 0.2) is 5.75 Å². The Morgan fingerprint density at radius 3 is 2.10 bits per heavy atom. The quantitative estimate of drug-likeness (QED) is 0.560. The first-order valence-electron chi connectivity index (χ1n) is 9.98. The summed E-state index contributed by atoms with van der Waals surface area (Å²) in [5.74, 6) is -0.137. The van der Waals surface area contributed by atoms with Gasteiger partial charge in [-0.15, -0.1) is 13.2 Å². The van der Waals surface area contributed by atoms with Crippen LogP contribution >= 0.6 is 0 Å². The smallest absolute Gasteiger partial charge is 0.406 e. The molecule has 3 rings (SSSR count). The lowest BCUT2D eigenvalue weighted by atomic mass is 10.1. The van der Waals surface area contributed by atoms with Crippen LogP contribution in [0.15, 0.2) is 48.5 Å². The molecular formula is C22H26F3N2O2. The van der Waals surface area contributed by atoms with Gasteiger partial charge in [-0.1, -0.05) is 18.6 Å². The van der Waals surface area contributed by atoms with Crippen LogP contribution in [0, 0.1) is 0 Å². The zero-order valence-corrected chi connectivity index (χ0v) is 16.3. The number of hydrogen-bond donors (Lipinski definition) is 0. The van der Waals surface area contributed by atoms with E-state index in [0.717, 1.165) is 69.7 Å². The Balaban J connectivity index is 1.29. The minimum atomic E-state index is -4.64. The SMILES string of the molecule is [O]c1ccc(N2CCN(CCCCCc3ccc(OC(F)(F)F)cc3)CC2)cc1. The van der Waals surface area contributed by atoms with E-state index < -0.39 is 6.36 Å². The van der Waals surface area contributed by atoms with Crippen molar-refractivity contribution in [3.63, 3.8) is 0 Å². The molecule has 1 heterocycles. The van der Waals surface area contributed by atoms with E-state index in [9.17, 15) is 18.3 Å². The number of piperazine rings is 1. The van der Waals surface area contributed by atoms with E-state index in [-0.39, 0.29) is 11.5 Å². The van der Waals surface area contributed by atoms with Crippen molar-refractivity contribution in [1.82, 2.24) is 4.90 Å². The van der Waals surface area contributed by atoms with Gasteiger partial charge in [0.2, 0.25) is 0 Å². The predicted molar refractivity (Wildman–Crippen MR) is 106 cm³/mol. The van der Waals surface area contributed by atoms with Gasteiger partial charge in [-0.2, -0.15) is 0 Å². The zero-order valence-electron chi connectivity index (χ0n) is 16.3. The van der Waals surface area contributed by atoms with Crippen molar-refractivity contribution in [3.8, 4) is 11.5 Å². The van der Waals surface area contributed by atoms with Crippen LogP contribution in [-0.4, -0.2) is 44.0 Å². The first kappa shape index (κ1) is 21.3. The van der Waals surface area contributed by atoms with E-state index in [1.54, 1.807) is 24.3 Å². The lowest BCUT2D eigenvalue weighted by Crippen LogP contribution is -2.46. The van der Waals surface area contributed by atoms with E-state index in [1.807, 2.05) is 12.1 Å². The highest BCUT2D eigenvalue weighted by atomic mass is 19.4. The number of nitrogens with zero attached hydrogens (tertiary/aromatic N) is 2. The molecule has 4 nitrogen and oxygen atoms in total. The molecule has 29 heavy (non-hydrogen) atoms. The van der Waals surface area contributed by atoms with E-state index >= 15 is 0 Å². The molecule has 0 aromatic heterocycles. The van der Waals surface area contributed by atoms with Gasteiger partial charge in [0, 0.05) is 31.9 Å². The van der Waals surface area contributed by atoms with Gasteiger partial charge in [0.25, 0.3) is 0 Å². The van der Waals surface area contributed by atoms with Crippen molar-refractivity contribution < 1.29 is 23.0 Å². The third-order valence-corrected chi connectivity index (χ3v) is 5.17. The fourth-order valence-corrected chi connectivity index (χ4v) is 3.59. The maximum atomic E-state index is 12.2. The third-order valence-electron chi connectivity index (χ3n) is 5.17. The first-order valence-corrected chi connectivity index (χ1v) is 9.98. The summed E-state index contributed by atoms with van der Waals surface area (Å²) in [5.41, 5.74) is 2.13. The van der Waals surface area contributed by atoms with Crippen LogP contribution in [-0.2, 0) is 11.5 Å². The van der Waals surface area contributed by atoms with Gasteiger partial charge in [0.1, 0.15) is 5.75 Å². The van der Waals surface area contributed by atoms with Crippen molar-refractivity contribution >= 4 is 5.69 Å². The molecule has 2 aromatic rings. The van der Waals surface area contributed by atoms with Gasteiger partial charge in [-0.05, 0) is 67.8 Å². The topological polar surface area (TPSA) is 35.6 Å². The summed E-state index contributed by atoms with van der Waals surface area (Å²) in [5, 5.41) is 11.2. The molecule has 1 aliphatic rings. The van der Waals surface area contributed by atoms with Crippen LogP contribution in [0.2, 0.25) is 0 Å². The standard InChI is InChI=1S/C22H26F3N2O2/c23-22(24,25)29-21-11-5-18(6-12-21)4-2-1-3-13-26-14-16-27(17-15-26)19-7-9-20(28)10-8-19/h5-12H,1-4,13-17H2. The van der Waals surface area contributed by atoms with Crippen molar-refractivity contribution in [2.24, 2.45) is 0 Å². The number of aryl methyl sites for hydroxylation is 1. The number of alkyl halides is 3. The summed E-state index contributed by atoms with van der Waals surface area (Å²) in [6.45, 7) is 5.01. The number of anilines is 1. The molecule has 0 atom stereocenters. The summed E-state index contributed by atoms with van der Waals surface area (Å²) in [6.07, 6.45) is -0.572. The molecule has 1 aliphatic heterocycles. The van der Waals surface area contributed by atoms with Crippen LogP contribution in [0.4, 0.5) is 18.9 Å². The summed E-state index contributed by atoms with van der Waals surface area (Å²) >= 11 is 0. The normalized spacial score (nSPS) is 15.5. The molecule has 1 saturated heterocycles. The summed E-state index contributed by atoms with van der Waals surface area (Å²) in [6, 6.07) is 13.1. The Morgan fingerprint density at radius 2 is 1.48 bits per heavy atom. The monoisotopic (exact) mass is 407 g/mol. The Hall–Kier alpha value is -2.41. The molecule has 7 heteroatoms. The molecule has 0 N–H and O–H groups in total. The average Bonchev–Trinajstić information content (AvgIpc) is 2.69. The van der Waals surface area contributed by atoms with E-state index in [2.05, 4.69) is 14.5 Å². The molecular weight excluding hydrogens is 381 g/mol. The zero-order chi connectivity index (χ0) is 20.7. The highest BCUT2D eigenvalue weighted by Crippen LogP contribution is 2.23. The molecule has 2 aromatic carbocycles. The maximum Gasteiger partial charge on any atom is 0.573 e. The van der Waals surface area contributed by atoms with Crippen molar-refractivity contribution in [2.75, 3.05) is 37.6 Å². The number of rotatable bonds is 8. The maximum absolute atomic E-state index is 12.2. The Bertz CT molecular complexity index is 740. The van der Waals surface area contributed by atoms with E-state index in [1.165, 1.54) is 12.1 Å². The van der Waals surface area contributed by atoms with Crippen LogP contribution in [0.1, 0.15) is 24.8 Å². The predicted octanol–water partition coefficient (Wildman–Crippen LogP) is 5.26. The average molecular weight is 407 g/mol. The van der Waals surface area contributed by atoms with Crippen molar-refractivity contribution in [1.29, 1.82) is 0 Å². The Labute approximate surface area is 169 Å². The molecule has 1 fully saturated rings. The van der Waals surface area contributed by atoms with Gasteiger partial charge < -0.3 is 9.64 Å². The van der Waals surface area contributed by atoms with Crippen LogP contribution in [0.3, 0.4) is 0 Å². The molecule has 0 bridgehead atoms. The van der Waals surface area contributed by atoms with Crippen LogP contribution < -0.4 is 9.64 Å². The second kappa shape index (κ2) is 9.87. The lowest BCUT2D eigenvalue weighted by molar-refractivity contribution is -0.274. The fourth-order valence-electron chi connectivity index (χ4n) is 3.59. The molecule has 0 unspecified atom stereocenters. The number of benzene rings is 2. The number of hydrogen-bond acceptors (Lipinski definition) is 3. The molecule has 0 aliphatic carbocycles. The van der Waals surface area contributed by atoms with Gasteiger partial charge in [0.05, 0.1) is 0 Å². The first-order chi connectivity index (χ1) is 13.9. The van der Waals surface area contributed by atoms with E-state index in [0.29, 0.717) is 0 Å². The summed E-state index contributed by atoms with van der Waals surface area (Å²) in [7, 11) is 0. The fraction of sp³-hybridized carbons (Fsp3) is 0.455. The summed E-state index contributed by atoms with van der Waals surface area (Å²) in [4.78, 5) is 4.77. The second-order valence-corrected chi connectivity index (χ2v) is 7.33. The van der Waals surface area contributed by atoms with Crippen molar-refractivity contribution in [2.45, 2.75) is 32.0 Å². The summed E-state index contributed by atoms with van der Waals surface area (Å²) < 4.78 is 40.4. The van der Waals surface area contributed by atoms with Crippen molar-refractivity contribution in [3.05, 3.63) is 54.1 Å². The van der Waals surface area contributed by atoms with E-state index in [4.69, 9.17) is 0 Å². The molecule has 157 valence electrons. The van der Waals surface area contributed by atoms with Gasteiger partial charge >= 0.3 is 6.36 Å². The minimum Gasteiger partial charge on any atom is -0.406 e. The van der Waals surface area contributed by atoms with Gasteiger partial charge in [-0.3, -0.25) is 10.0 Å². The molecule has 1 radical (unpaired) electrons. The molecule has 0 amide bonds. The highest BCUT2D eigenvalue weighted by Gasteiger charge is 2.30.